The maximum atomic E-state index is 14.9. The molecule has 0 aliphatic carbocycles. The summed E-state index contributed by atoms with van der Waals surface area (Å²) in [6, 6.07) is 6.24. The van der Waals surface area contributed by atoms with Crippen molar-refractivity contribution in [3.05, 3.63) is 75.7 Å². The third kappa shape index (κ3) is 6.66. The van der Waals surface area contributed by atoms with E-state index in [-0.39, 0.29) is 46.4 Å². The van der Waals surface area contributed by atoms with E-state index in [1.165, 1.54) is 18.2 Å². The van der Waals surface area contributed by atoms with E-state index in [2.05, 4.69) is 35.3 Å². The molecule has 5 aromatic rings. The van der Waals surface area contributed by atoms with E-state index in [0.717, 1.165) is 18.6 Å². The zero-order valence-corrected chi connectivity index (χ0v) is 25.7. The lowest BCUT2D eigenvalue weighted by Gasteiger charge is -2.32. The van der Waals surface area contributed by atoms with Crippen LogP contribution in [0.2, 0.25) is 5.02 Å². The van der Waals surface area contributed by atoms with E-state index >= 15 is 0 Å². The SMILES string of the molecule is Fc1cc(Cl)ccc1COc1nc(C2CCN(Cc3nc4cc(-c5nnc(C(F)(F)F)[nH]5)nnc4n3C[C@@H]3CCO3)CC2)c(F)cc1F. The van der Waals surface area contributed by atoms with Crippen molar-refractivity contribution in [3.63, 3.8) is 0 Å². The zero-order valence-electron chi connectivity index (χ0n) is 24.9. The highest BCUT2D eigenvalue weighted by Crippen LogP contribution is 2.33. The van der Waals surface area contributed by atoms with Gasteiger partial charge in [0.25, 0.3) is 5.88 Å². The Morgan fingerprint density at radius 2 is 1.73 bits per heavy atom. The van der Waals surface area contributed by atoms with Crippen LogP contribution >= 0.6 is 11.6 Å². The summed E-state index contributed by atoms with van der Waals surface area (Å²) in [5, 5.41) is 15.3. The Labute approximate surface area is 273 Å². The van der Waals surface area contributed by atoms with Gasteiger partial charge in [-0.05, 0) is 50.6 Å². The molecule has 1 aromatic carbocycles. The molecule has 0 saturated carbocycles. The number of alkyl halides is 3. The fraction of sp³-hybridized carbons (Fsp3) is 0.400. The summed E-state index contributed by atoms with van der Waals surface area (Å²) in [5.74, 6) is -3.93. The minimum atomic E-state index is -4.69. The molecule has 18 heteroatoms. The summed E-state index contributed by atoms with van der Waals surface area (Å²) in [6.45, 7) is 2.25. The molecule has 7 rings (SSSR count). The van der Waals surface area contributed by atoms with Gasteiger partial charge in [-0.3, -0.25) is 4.90 Å². The molecule has 2 saturated heterocycles. The molecule has 0 bridgehead atoms. The van der Waals surface area contributed by atoms with Gasteiger partial charge >= 0.3 is 6.18 Å². The van der Waals surface area contributed by atoms with E-state index in [1.54, 1.807) is 0 Å². The van der Waals surface area contributed by atoms with Gasteiger partial charge in [0, 0.05) is 29.2 Å². The van der Waals surface area contributed by atoms with Crippen molar-refractivity contribution in [1.29, 1.82) is 0 Å². The van der Waals surface area contributed by atoms with Gasteiger partial charge in [0.05, 0.1) is 24.9 Å². The highest BCUT2D eigenvalue weighted by Gasteiger charge is 2.36. The standard InChI is InChI=1S/C30H26ClF6N9O2/c31-17-2-1-16(19(32)9-17)14-48-28-21(34)10-20(33)25(39-28)15-3-6-45(7-4-15)13-24-38-23-11-22(26-40-29(44-42-26)30(35,36)37)41-43-27(23)46(24)12-18-5-8-47-18/h1-2,9-11,15,18H,3-8,12-14H2,(H,40,42,44)/t18-/m0/s1. The van der Waals surface area contributed by atoms with Gasteiger partial charge in [-0.2, -0.15) is 13.2 Å². The normalized spacial score (nSPS) is 17.6. The molecule has 11 nitrogen and oxygen atoms in total. The number of imidazole rings is 1. The quantitative estimate of drug-likeness (QED) is 0.190. The highest BCUT2D eigenvalue weighted by atomic mass is 35.5. The van der Waals surface area contributed by atoms with Gasteiger partial charge in [0.1, 0.15) is 35.3 Å². The van der Waals surface area contributed by atoms with Crippen LogP contribution in [0.15, 0.2) is 30.3 Å². The van der Waals surface area contributed by atoms with E-state index in [0.29, 0.717) is 62.6 Å². The van der Waals surface area contributed by atoms with E-state index in [4.69, 9.17) is 26.1 Å². The maximum absolute atomic E-state index is 14.9. The molecule has 1 N–H and O–H groups in total. The Kier molecular flexibility index (Phi) is 8.68. The maximum Gasteiger partial charge on any atom is 0.451 e. The Balaban J connectivity index is 1.06. The molecule has 4 aromatic heterocycles. The van der Waals surface area contributed by atoms with Crippen LogP contribution in [0.3, 0.4) is 0 Å². The van der Waals surface area contributed by atoms with Crippen LogP contribution in [0, 0.1) is 17.5 Å². The number of fused-ring (bicyclic) bond motifs is 1. The number of ether oxygens (including phenoxy) is 2. The average Bonchev–Trinajstić information content (AvgIpc) is 3.65. The summed E-state index contributed by atoms with van der Waals surface area (Å²) in [5.41, 5.74) is 1.13. The number of likely N-dealkylation sites (tertiary alicyclic amines) is 1. The molecule has 1 atom stereocenters. The van der Waals surface area contributed by atoms with Gasteiger partial charge in [-0.1, -0.05) is 17.7 Å². The number of piperidine rings is 1. The Morgan fingerprint density at radius 3 is 2.42 bits per heavy atom. The van der Waals surface area contributed by atoms with E-state index in [1.807, 2.05) is 4.57 Å². The van der Waals surface area contributed by atoms with Crippen LogP contribution in [0.25, 0.3) is 22.7 Å². The number of aromatic nitrogens is 8. The minimum Gasteiger partial charge on any atom is -0.471 e. The lowest BCUT2D eigenvalue weighted by Crippen LogP contribution is -2.35. The lowest BCUT2D eigenvalue weighted by atomic mass is 9.92. The molecule has 6 heterocycles. The number of rotatable bonds is 9. The summed E-state index contributed by atoms with van der Waals surface area (Å²) < 4.78 is 95.7. The zero-order chi connectivity index (χ0) is 33.6. The van der Waals surface area contributed by atoms with E-state index in [9.17, 15) is 26.3 Å². The molecular weight excluding hydrogens is 668 g/mol. The summed E-state index contributed by atoms with van der Waals surface area (Å²) in [7, 11) is 0. The predicted octanol–water partition coefficient (Wildman–Crippen LogP) is 5.84. The molecule has 2 aliphatic rings. The summed E-state index contributed by atoms with van der Waals surface area (Å²) in [4.78, 5) is 13.1. The molecule has 2 aliphatic heterocycles. The lowest BCUT2D eigenvalue weighted by molar-refractivity contribution is -0.144. The smallest absolute Gasteiger partial charge is 0.451 e. The van der Waals surface area contributed by atoms with Crippen molar-refractivity contribution in [2.24, 2.45) is 0 Å². The number of nitrogens with zero attached hydrogens (tertiary/aromatic N) is 8. The first-order valence-electron chi connectivity index (χ1n) is 15.0. The Bertz CT molecular complexity index is 1960. The van der Waals surface area contributed by atoms with Gasteiger partial charge in [-0.15, -0.1) is 20.4 Å². The minimum absolute atomic E-state index is 0.0443. The molecule has 48 heavy (non-hydrogen) atoms. The van der Waals surface area contributed by atoms with Crippen molar-refractivity contribution >= 4 is 22.8 Å². The topological polar surface area (TPSA) is 120 Å². The van der Waals surface area contributed by atoms with Gasteiger partial charge in [-0.25, -0.2) is 23.1 Å². The van der Waals surface area contributed by atoms with Crippen LogP contribution in [0.1, 0.15) is 48.1 Å². The second kappa shape index (κ2) is 12.9. The number of halogens is 7. The number of nitrogens with one attached hydrogen (secondary N) is 1. The van der Waals surface area contributed by atoms with Crippen LogP contribution in [0.5, 0.6) is 5.88 Å². The number of aromatic amines is 1. The van der Waals surface area contributed by atoms with Crippen molar-refractivity contribution in [3.8, 4) is 17.4 Å². The number of hydrogen-bond acceptors (Lipinski definition) is 9. The second-order valence-corrected chi connectivity index (χ2v) is 12.0. The molecule has 0 unspecified atom stereocenters. The first kappa shape index (κ1) is 32.2. The fourth-order valence-corrected chi connectivity index (χ4v) is 5.90. The monoisotopic (exact) mass is 693 g/mol. The fourth-order valence-electron chi connectivity index (χ4n) is 5.74. The van der Waals surface area contributed by atoms with Crippen molar-refractivity contribution in [2.75, 3.05) is 19.7 Å². The van der Waals surface area contributed by atoms with Gasteiger partial charge < -0.3 is 19.0 Å². The molecule has 252 valence electrons. The van der Waals surface area contributed by atoms with Crippen molar-refractivity contribution in [2.45, 2.75) is 57.2 Å². The molecule has 0 amide bonds. The molecular formula is C30H26ClF6N9O2. The molecule has 2 fully saturated rings. The molecule has 0 spiro atoms. The number of pyridine rings is 1. The van der Waals surface area contributed by atoms with Gasteiger partial charge in [0.2, 0.25) is 5.82 Å². The van der Waals surface area contributed by atoms with E-state index < -0.39 is 35.3 Å². The highest BCUT2D eigenvalue weighted by molar-refractivity contribution is 6.30. The third-order valence-corrected chi connectivity index (χ3v) is 8.63. The molecule has 0 radical (unpaired) electrons. The first-order chi connectivity index (χ1) is 23.0. The van der Waals surface area contributed by atoms with Crippen LogP contribution in [0.4, 0.5) is 26.3 Å². The number of H-pyrrole nitrogens is 1. The number of benzene rings is 1. The van der Waals surface area contributed by atoms with Crippen molar-refractivity contribution < 1.29 is 35.8 Å². The van der Waals surface area contributed by atoms with Crippen LogP contribution in [-0.4, -0.2) is 70.6 Å². The van der Waals surface area contributed by atoms with Gasteiger partial charge in [0.15, 0.2) is 17.3 Å². The average molecular weight is 694 g/mol. The second-order valence-electron chi connectivity index (χ2n) is 11.6. The van der Waals surface area contributed by atoms with Crippen LogP contribution < -0.4 is 4.74 Å². The Morgan fingerprint density at radius 1 is 0.938 bits per heavy atom. The summed E-state index contributed by atoms with van der Waals surface area (Å²) in [6.07, 6.45) is -2.88. The summed E-state index contributed by atoms with van der Waals surface area (Å²) >= 11 is 5.79. The largest absolute Gasteiger partial charge is 0.471 e. The third-order valence-electron chi connectivity index (χ3n) is 8.39. The van der Waals surface area contributed by atoms with Crippen LogP contribution in [-0.2, 0) is 30.6 Å². The predicted molar refractivity (Wildman–Crippen MR) is 157 cm³/mol. The van der Waals surface area contributed by atoms with Crippen molar-refractivity contribution in [1.82, 2.24) is 44.8 Å². The number of hydrogen-bond donors (Lipinski definition) is 1. The first-order valence-corrected chi connectivity index (χ1v) is 15.4. The Hall–Kier alpha value is -4.35.